The highest BCUT2D eigenvalue weighted by Crippen LogP contribution is 2.37. The van der Waals surface area contributed by atoms with Crippen molar-refractivity contribution in [3.8, 4) is 28.3 Å². The Morgan fingerprint density at radius 1 is 1.09 bits per heavy atom. The summed E-state index contributed by atoms with van der Waals surface area (Å²) in [5, 5.41) is 23.3. The maximum atomic E-state index is 15.8. The number of amides is 1. The van der Waals surface area contributed by atoms with Gasteiger partial charge in [0.25, 0.3) is 0 Å². The zero-order valence-electron chi connectivity index (χ0n) is 25.4. The Bertz CT molecular complexity index is 1700. The Morgan fingerprint density at radius 3 is 2.64 bits per heavy atom. The number of carbonyl (C=O) groups is 1. The molecule has 9 heteroatoms. The van der Waals surface area contributed by atoms with Crippen LogP contribution in [0.25, 0.3) is 33.2 Å². The minimum Gasteiger partial charge on any atom is -0.450 e. The van der Waals surface area contributed by atoms with Crippen LogP contribution in [0.2, 0.25) is 0 Å². The van der Waals surface area contributed by atoms with Crippen LogP contribution in [0.3, 0.4) is 0 Å². The van der Waals surface area contributed by atoms with E-state index in [1.165, 1.54) is 18.2 Å². The number of benzene rings is 3. The van der Waals surface area contributed by atoms with E-state index in [0.29, 0.717) is 54.0 Å². The topological polar surface area (TPSA) is 90.5 Å². The second-order valence-electron chi connectivity index (χ2n) is 12.2. The van der Waals surface area contributed by atoms with E-state index in [4.69, 9.17) is 4.74 Å². The molecule has 7 nitrogen and oxygen atoms in total. The Morgan fingerprint density at radius 2 is 1.91 bits per heavy atom. The highest BCUT2D eigenvalue weighted by molar-refractivity contribution is 5.91. The number of ether oxygens (including phenoxy) is 1. The zero-order valence-corrected chi connectivity index (χ0v) is 25.4. The number of nitriles is 1. The molecule has 1 aliphatic heterocycles. The van der Waals surface area contributed by atoms with Crippen LogP contribution in [0.5, 0.6) is 0 Å². The van der Waals surface area contributed by atoms with Gasteiger partial charge < -0.3 is 19.7 Å². The van der Waals surface area contributed by atoms with Gasteiger partial charge in [-0.15, -0.1) is 0 Å². The van der Waals surface area contributed by atoms with Gasteiger partial charge in [-0.1, -0.05) is 31.5 Å². The molecule has 0 unspecified atom stereocenters. The number of hydrogen-bond acceptors (Lipinski definition) is 5. The molecule has 1 atom stereocenters. The molecule has 0 radical (unpaired) electrons. The van der Waals surface area contributed by atoms with Crippen molar-refractivity contribution < 1.29 is 23.4 Å². The summed E-state index contributed by atoms with van der Waals surface area (Å²) in [5.74, 6) is -1.07. The van der Waals surface area contributed by atoms with Crippen LogP contribution in [0.4, 0.5) is 13.6 Å². The van der Waals surface area contributed by atoms with Gasteiger partial charge >= 0.3 is 6.09 Å². The first-order valence-corrected chi connectivity index (χ1v) is 15.0. The average Bonchev–Trinajstić information content (AvgIpc) is 3.57. The SMILES string of the molecule is CCCCOC(=O)N[C@H]1CCN(Cc2ccc(-c3cc4ccn(CC(C)(C)O)c4cc3F)c(-c3ccc(C#N)c(F)c3)c2)C1. The number of unbranched alkanes of at least 4 members (excludes halogenated alkanes) is 1. The molecule has 4 aromatic rings. The molecule has 1 fully saturated rings. The fourth-order valence-electron chi connectivity index (χ4n) is 5.78. The van der Waals surface area contributed by atoms with E-state index in [1.807, 2.05) is 48.0 Å². The predicted molar refractivity (Wildman–Crippen MR) is 167 cm³/mol. The minimum atomic E-state index is -0.965. The van der Waals surface area contributed by atoms with Gasteiger partial charge in [0.2, 0.25) is 0 Å². The maximum Gasteiger partial charge on any atom is 0.407 e. The number of hydrogen-bond donors (Lipinski definition) is 2. The van der Waals surface area contributed by atoms with Gasteiger partial charge in [0, 0.05) is 42.8 Å². The van der Waals surface area contributed by atoms with Gasteiger partial charge in [-0.05, 0) is 85.3 Å². The van der Waals surface area contributed by atoms with E-state index in [2.05, 4.69) is 10.2 Å². The number of nitrogens with zero attached hydrogens (tertiary/aromatic N) is 3. The molecule has 5 rings (SSSR count). The highest BCUT2D eigenvalue weighted by atomic mass is 19.1. The standard InChI is InChI=1S/C35H38F2N4O3/c1-4-5-14-44-34(42)39-27-11-12-40(21-27)20-23-6-9-28(29(15-23)24-7-8-26(19-38)31(36)17-24)30-16-25-10-13-41(22-35(2,3)43)33(25)18-32(30)37/h6-10,13,15-18,27,43H,4-5,11-12,14,20-22H2,1-3H3,(H,39,42)/t27-/m0/s1. The Hall–Kier alpha value is -4.26. The van der Waals surface area contributed by atoms with Crippen molar-refractivity contribution >= 4 is 17.0 Å². The number of aromatic nitrogens is 1. The highest BCUT2D eigenvalue weighted by Gasteiger charge is 2.25. The predicted octanol–water partition coefficient (Wildman–Crippen LogP) is 7.00. The number of carbonyl (C=O) groups excluding carboxylic acids is 1. The number of fused-ring (bicyclic) bond motifs is 1. The minimum absolute atomic E-state index is 0.0139. The van der Waals surface area contributed by atoms with Gasteiger partial charge in [-0.25, -0.2) is 13.6 Å². The summed E-state index contributed by atoms with van der Waals surface area (Å²) >= 11 is 0. The van der Waals surface area contributed by atoms with Crippen LogP contribution in [0.1, 0.15) is 51.2 Å². The van der Waals surface area contributed by atoms with Gasteiger partial charge in [0.15, 0.2) is 0 Å². The molecule has 0 aliphatic carbocycles. The lowest BCUT2D eigenvalue weighted by molar-refractivity contribution is 0.0628. The fraction of sp³-hybridized carbons (Fsp3) is 0.371. The van der Waals surface area contributed by atoms with Gasteiger partial charge in [-0.2, -0.15) is 5.26 Å². The molecule has 44 heavy (non-hydrogen) atoms. The van der Waals surface area contributed by atoms with E-state index >= 15 is 4.39 Å². The van der Waals surface area contributed by atoms with Gasteiger partial charge in [-0.3, -0.25) is 4.90 Å². The molecule has 1 saturated heterocycles. The molecule has 230 valence electrons. The Balaban J connectivity index is 1.45. The van der Waals surface area contributed by atoms with Gasteiger partial charge in [0.1, 0.15) is 17.7 Å². The molecule has 2 heterocycles. The average molecular weight is 601 g/mol. The molecule has 3 aromatic carbocycles. The largest absolute Gasteiger partial charge is 0.450 e. The lowest BCUT2D eigenvalue weighted by Crippen LogP contribution is -2.37. The number of halogens is 2. The van der Waals surface area contributed by atoms with E-state index in [-0.39, 0.29) is 11.6 Å². The number of aliphatic hydroxyl groups is 1. The van der Waals surface area contributed by atoms with E-state index < -0.39 is 23.3 Å². The summed E-state index contributed by atoms with van der Waals surface area (Å²) < 4.78 is 37.7. The van der Waals surface area contributed by atoms with Crippen molar-refractivity contribution in [2.45, 2.75) is 64.8 Å². The molecule has 0 spiro atoms. The molecule has 0 bridgehead atoms. The summed E-state index contributed by atoms with van der Waals surface area (Å²) in [5.41, 5.74) is 2.75. The monoisotopic (exact) mass is 600 g/mol. The van der Waals surface area contributed by atoms with Crippen LogP contribution in [0, 0.1) is 23.0 Å². The Kier molecular flexibility index (Phi) is 9.33. The lowest BCUT2D eigenvalue weighted by atomic mass is 9.91. The van der Waals surface area contributed by atoms with Crippen molar-refractivity contribution in [3.05, 3.63) is 83.6 Å². The third-order valence-corrected chi connectivity index (χ3v) is 7.92. The molecule has 1 aliphatic rings. The lowest BCUT2D eigenvalue weighted by Gasteiger charge is -2.20. The molecule has 1 amide bonds. The first kappa shape index (κ1) is 31.2. The third-order valence-electron chi connectivity index (χ3n) is 7.92. The first-order chi connectivity index (χ1) is 21.0. The van der Waals surface area contributed by atoms with E-state index in [1.54, 1.807) is 26.0 Å². The van der Waals surface area contributed by atoms with Crippen molar-refractivity contribution in [3.63, 3.8) is 0 Å². The van der Waals surface area contributed by atoms with Crippen LogP contribution in [0.15, 0.2) is 60.8 Å². The van der Waals surface area contributed by atoms with E-state index in [0.717, 1.165) is 36.8 Å². The molecular weight excluding hydrogens is 562 g/mol. The summed E-state index contributed by atoms with van der Waals surface area (Å²) in [4.78, 5) is 14.3. The van der Waals surface area contributed by atoms with Crippen LogP contribution >= 0.6 is 0 Å². The first-order valence-electron chi connectivity index (χ1n) is 15.0. The van der Waals surface area contributed by atoms with Crippen molar-refractivity contribution in [1.29, 1.82) is 5.26 Å². The summed E-state index contributed by atoms with van der Waals surface area (Å²) in [7, 11) is 0. The molecular formula is C35H38F2N4O3. The number of nitrogens with one attached hydrogen (secondary N) is 1. The fourth-order valence-corrected chi connectivity index (χ4v) is 5.78. The molecule has 1 aromatic heterocycles. The van der Waals surface area contributed by atoms with Crippen LogP contribution < -0.4 is 5.32 Å². The van der Waals surface area contributed by atoms with Gasteiger partial charge in [0.05, 0.1) is 29.8 Å². The van der Waals surface area contributed by atoms with Crippen molar-refractivity contribution in [2.75, 3.05) is 19.7 Å². The maximum absolute atomic E-state index is 15.8. The summed E-state index contributed by atoms with van der Waals surface area (Å²) in [6.07, 6.45) is 4.02. The summed E-state index contributed by atoms with van der Waals surface area (Å²) in [6.45, 7) is 8.21. The summed E-state index contributed by atoms with van der Waals surface area (Å²) in [6, 6.07) is 17.2. The quantitative estimate of drug-likeness (QED) is 0.191. The van der Waals surface area contributed by atoms with Crippen LogP contribution in [-0.2, 0) is 17.8 Å². The zero-order chi connectivity index (χ0) is 31.4. The number of alkyl carbamates (subject to hydrolysis) is 1. The normalized spacial score (nSPS) is 15.4. The molecule has 0 saturated carbocycles. The number of likely N-dealkylation sites (tertiary alicyclic amines) is 1. The number of rotatable bonds is 10. The van der Waals surface area contributed by atoms with E-state index in [9.17, 15) is 19.6 Å². The second kappa shape index (κ2) is 13.2. The second-order valence-corrected chi connectivity index (χ2v) is 12.2. The smallest absolute Gasteiger partial charge is 0.407 e. The molecule has 2 N–H and O–H groups in total. The van der Waals surface area contributed by atoms with Crippen molar-refractivity contribution in [1.82, 2.24) is 14.8 Å². The third kappa shape index (κ3) is 7.26. The van der Waals surface area contributed by atoms with Crippen LogP contribution in [-0.4, -0.2) is 52.0 Å². The van der Waals surface area contributed by atoms with Crippen molar-refractivity contribution in [2.24, 2.45) is 0 Å². The Labute approximate surface area is 256 Å².